The predicted molar refractivity (Wildman–Crippen MR) is 131 cm³/mol. The van der Waals surface area contributed by atoms with E-state index in [4.69, 9.17) is 4.98 Å². The maximum atomic E-state index is 13.0. The van der Waals surface area contributed by atoms with E-state index in [1.54, 1.807) is 23.0 Å². The third-order valence-corrected chi connectivity index (χ3v) is 7.98. The zero-order chi connectivity index (χ0) is 22.0. The molecule has 1 N–H and O–H groups in total. The predicted octanol–water partition coefficient (Wildman–Crippen LogP) is 4.45. The second kappa shape index (κ2) is 9.44. The molecule has 0 spiro atoms. The van der Waals surface area contributed by atoms with Gasteiger partial charge in [-0.25, -0.2) is 4.98 Å². The van der Waals surface area contributed by atoms with E-state index in [9.17, 15) is 9.59 Å². The van der Waals surface area contributed by atoms with Crippen LogP contribution in [0.15, 0.2) is 34.2 Å². The molecule has 0 aliphatic heterocycles. The zero-order valence-electron chi connectivity index (χ0n) is 18.2. The first kappa shape index (κ1) is 21.9. The molecule has 0 unspecified atom stereocenters. The number of rotatable bonds is 7. The van der Waals surface area contributed by atoms with Gasteiger partial charge in [-0.1, -0.05) is 11.8 Å². The number of benzene rings is 1. The monoisotopic (exact) mass is 456 g/mol. The minimum absolute atomic E-state index is 0.000649. The van der Waals surface area contributed by atoms with Gasteiger partial charge in [0, 0.05) is 36.4 Å². The first-order chi connectivity index (χ1) is 15.0. The zero-order valence-corrected chi connectivity index (χ0v) is 19.9. The highest BCUT2D eigenvalue weighted by Crippen LogP contribution is 2.34. The lowest BCUT2D eigenvalue weighted by molar-refractivity contribution is -0.113. The summed E-state index contributed by atoms with van der Waals surface area (Å²) in [5.41, 5.74) is 3.11. The summed E-state index contributed by atoms with van der Waals surface area (Å²) in [5, 5.41) is 4.30. The lowest BCUT2D eigenvalue weighted by Gasteiger charge is -2.21. The number of aryl methyl sites for hydroxylation is 2. The minimum Gasteiger partial charge on any atom is -0.372 e. The molecule has 0 bridgehead atoms. The summed E-state index contributed by atoms with van der Waals surface area (Å²) in [5.74, 6) is 0.0923. The number of thioether (sulfide) groups is 1. The molecular weight excluding hydrogens is 428 g/mol. The fourth-order valence-corrected chi connectivity index (χ4v) is 6.14. The summed E-state index contributed by atoms with van der Waals surface area (Å²) in [4.78, 5) is 34.5. The number of nitrogens with one attached hydrogen (secondary N) is 1. The van der Waals surface area contributed by atoms with E-state index in [2.05, 4.69) is 24.1 Å². The van der Waals surface area contributed by atoms with Crippen LogP contribution in [-0.4, -0.2) is 34.3 Å². The number of nitrogens with zero attached hydrogens (tertiary/aromatic N) is 3. The Bertz CT molecular complexity index is 1150. The van der Waals surface area contributed by atoms with Gasteiger partial charge >= 0.3 is 0 Å². The number of thiophene rings is 1. The molecule has 164 valence electrons. The van der Waals surface area contributed by atoms with E-state index in [-0.39, 0.29) is 17.2 Å². The first-order valence-electron chi connectivity index (χ1n) is 10.8. The molecule has 0 saturated heterocycles. The molecule has 2 aromatic heterocycles. The molecule has 8 heteroatoms. The fourth-order valence-electron chi connectivity index (χ4n) is 4.07. The molecule has 0 radical (unpaired) electrons. The molecule has 1 amide bonds. The quantitative estimate of drug-likeness (QED) is 0.420. The standard InChI is InChI=1S/C23H28N4O2S2/c1-4-27(5-2)16-12-10-15(11-13-16)24-19(28)14-30-23-25-21-20(22(29)26(23)3)17-8-6-7-9-18(17)31-21/h10-13H,4-9,14H2,1-3H3,(H,24,28). The third-order valence-electron chi connectivity index (χ3n) is 5.77. The molecule has 0 atom stereocenters. The topological polar surface area (TPSA) is 67.2 Å². The van der Waals surface area contributed by atoms with Gasteiger partial charge in [0.15, 0.2) is 5.16 Å². The maximum absolute atomic E-state index is 13.0. The Labute approximate surface area is 190 Å². The molecule has 3 aromatic rings. The highest BCUT2D eigenvalue weighted by atomic mass is 32.2. The fraction of sp³-hybridized carbons (Fsp3) is 0.435. The second-order valence-corrected chi connectivity index (χ2v) is 9.73. The average molecular weight is 457 g/mol. The van der Waals surface area contributed by atoms with Crippen molar-refractivity contribution >= 4 is 50.6 Å². The summed E-state index contributed by atoms with van der Waals surface area (Å²) in [6.45, 7) is 6.14. The van der Waals surface area contributed by atoms with Crippen molar-refractivity contribution in [2.75, 3.05) is 29.1 Å². The van der Waals surface area contributed by atoms with E-state index in [1.807, 2.05) is 24.3 Å². The number of carbonyl (C=O) groups is 1. The Hall–Kier alpha value is -2.32. The van der Waals surface area contributed by atoms with Crippen molar-refractivity contribution in [2.24, 2.45) is 7.05 Å². The summed E-state index contributed by atoms with van der Waals surface area (Å²) < 4.78 is 1.58. The van der Waals surface area contributed by atoms with Gasteiger partial charge in [-0.2, -0.15) is 0 Å². The lowest BCUT2D eigenvalue weighted by atomic mass is 9.97. The highest BCUT2D eigenvalue weighted by molar-refractivity contribution is 7.99. The Morgan fingerprint density at radius 3 is 2.61 bits per heavy atom. The van der Waals surface area contributed by atoms with Gasteiger partial charge in [-0.3, -0.25) is 14.2 Å². The van der Waals surface area contributed by atoms with Crippen LogP contribution in [0.5, 0.6) is 0 Å². The van der Waals surface area contributed by atoms with Crippen LogP contribution in [0.2, 0.25) is 0 Å². The van der Waals surface area contributed by atoms with Crippen LogP contribution in [0, 0.1) is 0 Å². The summed E-state index contributed by atoms with van der Waals surface area (Å²) >= 11 is 2.94. The SMILES string of the molecule is CCN(CC)c1ccc(NC(=O)CSc2nc3sc4c(c3c(=O)n2C)CCCC4)cc1. The molecule has 0 fully saturated rings. The third kappa shape index (κ3) is 4.50. The van der Waals surface area contributed by atoms with Crippen LogP contribution in [-0.2, 0) is 24.7 Å². The van der Waals surface area contributed by atoms with Gasteiger partial charge in [0.2, 0.25) is 5.91 Å². The van der Waals surface area contributed by atoms with Crippen molar-refractivity contribution in [3.63, 3.8) is 0 Å². The Kier molecular flexibility index (Phi) is 6.67. The number of anilines is 2. The Balaban J connectivity index is 1.45. The number of aromatic nitrogens is 2. The van der Waals surface area contributed by atoms with Gasteiger partial charge < -0.3 is 10.2 Å². The number of hydrogen-bond donors (Lipinski definition) is 1. The van der Waals surface area contributed by atoms with E-state index in [0.29, 0.717) is 5.16 Å². The molecule has 2 heterocycles. The summed E-state index contributed by atoms with van der Waals surface area (Å²) in [6, 6.07) is 7.89. The van der Waals surface area contributed by atoms with Crippen molar-refractivity contribution in [1.82, 2.24) is 9.55 Å². The maximum Gasteiger partial charge on any atom is 0.262 e. The van der Waals surface area contributed by atoms with Crippen LogP contribution in [0.1, 0.15) is 37.1 Å². The molecule has 0 saturated carbocycles. The van der Waals surface area contributed by atoms with Crippen LogP contribution in [0.3, 0.4) is 0 Å². The number of fused-ring (bicyclic) bond motifs is 3. The second-order valence-electron chi connectivity index (χ2n) is 7.71. The number of carbonyl (C=O) groups excluding carboxylic acids is 1. The van der Waals surface area contributed by atoms with Gasteiger partial charge in [-0.05, 0) is 69.4 Å². The molecule has 1 aromatic carbocycles. The smallest absolute Gasteiger partial charge is 0.262 e. The minimum atomic E-state index is -0.111. The normalized spacial score (nSPS) is 13.3. The molecular formula is C23H28N4O2S2. The van der Waals surface area contributed by atoms with Crippen molar-refractivity contribution in [1.29, 1.82) is 0 Å². The average Bonchev–Trinajstić information content (AvgIpc) is 3.15. The Morgan fingerprint density at radius 2 is 1.90 bits per heavy atom. The van der Waals surface area contributed by atoms with E-state index in [1.165, 1.54) is 28.6 Å². The van der Waals surface area contributed by atoms with E-state index in [0.717, 1.165) is 53.9 Å². The van der Waals surface area contributed by atoms with Gasteiger partial charge in [-0.15, -0.1) is 11.3 Å². The van der Waals surface area contributed by atoms with E-state index >= 15 is 0 Å². The van der Waals surface area contributed by atoms with Gasteiger partial charge in [0.05, 0.1) is 11.1 Å². The Morgan fingerprint density at radius 1 is 1.19 bits per heavy atom. The van der Waals surface area contributed by atoms with Crippen molar-refractivity contribution < 1.29 is 4.79 Å². The van der Waals surface area contributed by atoms with Crippen LogP contribution >= 0.6 is 23.1 Å². The van der Waals surface area contributed by atoms with Crippen molar-refractivity contribution in [3.05, 3.63) is 45.1 Å². The molecule has 6 nitrogen and oxygen atoms in total. The lowest BCUT2D eigenvalue weighted by Crippen LogP contribution is -2.22. The first-order valence-corrected chi connectivity index (χ1v) is 12.6. The molecule has 1 aliphatic carbocycles. The van der Waals surface area contributed by atoms with Crippen LogP contribution in [0.4, 0.5) is 11.4 Å². The number of hydrogen-bond acceptors (Lipinski definition) is 6. The molecule has 1 aliphatic rings. The van der Waals surface area contributed by atoms with Crippen LogP contribution < -0.4 is 15.8 Å². The van der Waals surface area contributed by atoms with Gasteiger partial charge in [0.25, 0.3) is 5.56 Å². The highest BCUT2D eigenvalue weighted by Gasteiger charge is 2.21. The molecule has 4 rings (SSSR count). The summed E-state index contributed by atoms with van der Waals surface area (Å²) in [7, 11) is 1.74. The molecule has 31 heavy (non-hydrogen) atoms. The number of amides is 1. The van der Waals surface area contributed by atoms with Crippen LogP contribution in [0.25, 0.3) is 10.2 Å². The van der Waals surface area contributed by atoms with Gasteiger partial charge in [0.1, 0.15) is 4.83 Å². The van der Waals surface area contributed by atoms with Crippen molar-refractivity contribution in [3.8, 4) is 0 Å². The summed E-state index contributed by atoms with van der Waals surface area (Å²) in [6.07, 6.45) is 4.32. The van der Waals surface area contributed by atoms with Crippen molar-refractivity contribution in [2.45, 2.75) is 44.7 Å². The largest absolute Gasteiger partial charge is 0.372 e. The van der Waals surface area contributed by atoms with E-state index < -0.39 is 0 Å².